The summed E-state index contributed by atoms with van der Waals surface area (Å²) in [5, 5.41) is 4.80. The van der Waals surface area contributed by atoms with E-state index in [1.54, 1.807) is 6.20 Å². The minimum atomic E-state index is -0.632. The summed E-state index contributed by atoms with van der Waals surface area (Å²) in [6.45, 7) is 1.46. The number of aromatic nitrogens is 1. The summed E-state index contributed by atoms with van der Waals surface area (Å²) in [5.74, 6) is -0.757. The van der Waals surface area contributed by atoms with Gasteiger partial charge in [-0.1, -0.05) is 24.3 Å². The highest BCUT2D eigenvalue weighted by Gasteiger charge is 2.32. The average Bonchev–Trinajstić information content (AvgIpc) is 2.53. The van der Waals surface area contributed by atoms with Crippen LogP contribution >= 0.6 is 0 Å². The molecule has 1 aromatic carbocycles. The van der Waals surface area contributed by atoms with Crippen LogP contribution in [0, 0.1) is 0 Å². The third-order valence-electron chi connectivity index (χ3n) is 3.71. The summed E-state index contributed by atoms with van der Waals surface area (Å²) >= 11 is 0. The molecule has 21 heavy (non-hydrogen) atoms. The number of nitrogens with zero attached hydrogens (tertiary/aromatic N) is 2. The fraction of sp³-hybridized carbons (Fsp3) is 0.267. The van der Waals surface area contributed by atoms with Crippen LogP contribution in [0.15, 0.2) is 36.5 Å². The van der Waals surface area contributed by atoms with Gasteiger partial charge in [0.2, 0.25) is 5.91 Å². The van der Waals surface area contributed by atoms with Crippen molar-refractivity contribution in [2.45, 2.75) is 6.04 Å². The van der Waals surface area contributed by atoms with Gasteiger partial charge in [0.25, 0.3) is 5.91 Å². The van der Waals surface area contributed by atoms with Crippen molar-refractivity contribution in [1.29, 1.82) is 0 Å². The van der Waals surface area contributed by atoms with E-state index in [2.05, 4.69) is 10.3 Å². The zero-order valence-electron chi connectivity index (χ0n) is 11.5. The first-order valence-corrected chi connectivity index (χ1v) is 6.83. The molecule has 3 rings (SSSR count). The Morgan fingerprint density at radius 3 is 2.90 bits per heavy atom. The minimum absolute atomic E-state index is 0.253. The summed E-state index contributed by atoms with van der Waals surface area (Å²) in [6.07, 6.45) is 1.61. The molecule has 6 nitrogen and oxygen atoms in total. The van der Waals surface area contributed by atoms with Crippen molar-refractivity contribution in [2.75, 3.05) is 19.6 Å². The summed E-state index contributed by atoms with van der Waals surface area (Å²) in [5.41, 5.74) is 5.76. The molecule has 0 aliphatic carbocycles. The van der Waals surface area contributed by atoms with Gasteiger partial charge in [-0.25, -0.2) is 0 Å². The standard InChI is InChI=1S/C15H16N4O2/c16-14(20)12-9-17-7-8-19(12)15(21)13-11-4-2-1-3-10(11)5-6-18-13/h1-6,12,17H,7-9H2,(H2,16,20). The second kappa shape index (κ2) is 5.49. The Labute approximate surface area is 121 Å². The lowest BCUT2D eigenvalue weighted by Gasteiger charge is -2.34. The van der Waals surface area contributed by atoms with Gasteiger partial charge < -0.3 is 16.0 Å². The van der Waals surface area contributed by atoms with Crippen LogP contribution in [0.5, 0.6) is 0 Å². The molecule has 1 aliphatic heterocycles. The monoisotopic (exact) mass is 284 g/mol. The molecule has 3 N–H and O–H groups in total. The number of hydrogen-bond acceptors (Lipinski definition) is 4. The van der Waals surface area contributed by atoms with Crippen LogP contribution in [0.1, 0.15) is 10.5 Å². The number of carbonyl (C=O) groups is 2. The maximum absolute atomic E-state index is 12.8. The van der Waals surface area contributed by atoms with Crippen LogP contribution in [0.2, 0.25) is 0 Å². The maximum Gasteiger partial charge on any atom is 0.273 e. The lowest BCUT2D eigenvalue weighted by atomic mass is 10.1. The van der Waals surface area contributed by atoms with Crippen molar-refractivity contribution in [3.63, 3.8) is 0 Å². The first kappa shape index (κ1) is 13.5. The molecule has 108 valence electrons. The Bertz CT molecular complexity index is 696. The predicted octanol–water partition coefficient (Wildman–Crippen LogP) is 0.134. The van der Waals surface area contributed by atoms with Gasteiger partial charge in [0, 0.05) is 31.2 Å². The number of fused-ring (bicyclic) bond motifs is 1. The van der Waals surface area contributed by atoms with Gasteiger partial charge >= 0.3 is 0 Å². The molecule has 1 aromatic heterocycles. The van der Waals surface area contributed by atoms with E-state index in [0.29, 0.717) is 25.3 Å². The van der Waals surface area contributed by atoms with E-state index in [4.69, 9.17) is 5.73 Å². The molecule has 0 bridgehead atoms. The molecule has 2 aromatic rings. The van der Waals surface area contributed by atoms with Crippen molar-refractivity contribution < 1.29 is 9.59 Å². The number of hydrogen-bond donors (Lipinski definition) is 2. The molecule has 0 radical (unpaired) electrons. The SMILES string of the molecule is NC(=O)C1CNCCN1C(=O)c1nccc2ccccc12. The maximum atomic E-state index is 12.8. The van der Waals surface area contributed by atoms with E-state index in [1.165, 1.54) is 4.90 Å². The fourth-order valence-corrected chi connectivity index (χ4v) is 2.63. The molecule has 0 spiro atoms. The number of nitrogens with two attached hydrogens (primary N) is 1. The largest absolute Gasteiger partial charge is 0.368 e. The summed E-state index contributed by atoms with van der Waals surface area (Å²) < 4.78 is 0. The quantitative estimate of drug-likeness (QED) is 0.820. The Kier molecular flexibility index (Phi) is 3.53. The normalized spacial score (nSPS) is 18.7. The topological polar surface area (TPSA) is 88.3 Å². The molecule has 2 amide bonds. The molecular formula is C15H16N4O2. The van der Waals surface area contributed by atoms with E-state index in [1.807, 2.05) is 30.3 Å². The molecule has 1 fully saturated rings. The number of primary amides is 1. The Morgan fingerprint density at radius 2 is 2.10 bits per heavy atom. The van der Waals surface area contributed by atoms with Crippen LogP contribution in [-0.4, -0.2) is 47.4 Å². The van der Waals surface area contributed by atoms with Crippen LogP contribution < -0.4 is 11.1 Å². The second-order valence-electron chi connectivity index (χ2n) is 5.00. The first-order valence-electron chi connectivity index (χ1n) is 6.83. The summed E-state index contributed by atoms with van der Waals surface area (Å²) in [6, 6.07) is 8.79. The molecule has 1 atom stereocenters. The average molecular weight is 284 g/mol. The highest BCUT2D eigenvalue weighted by atomic mass is 16.2. The third-order valence-corrected chi connectivity index (χ3v) is 3.71. The van der Waals surface area contributed by atoms with Crippen LogP contribution in [-0.2, 0) is 4.79 Å². The number of amides is 2. The number of benzene rings is 1. The number of pyridine rings is 1. The van der Waals surface area contributed by atoms with Crippen molar-refractivity contribution >= 4 is 22.6 Å². The zero-order valence-corrected chi connectivity index (χ0v) is 11.5. The molecule has 1 unspecified atom stereocenters. The Balaban J connectivity index is 2.01. The van der Waals surface area contributed by atoms with Gasteiger partial charge in [0.1, 0.15) is 11.7 Å². The van der Waals surface area contributed by atoms with Gasteiger partial charge in [-0.3, -0.25) is 14.6 Å². The van der Waals surface area contributed by atoms with Gasteiger partial charge in [0.15, 0.2) is 0 Å². The summed E-state index contributed by atoms with van der Waals surface area (Å²) in [7, 11) is 0. The molecular weight excluding hydrogens is 268 g/mol. The second-order valence-corrected chi connectivity index (χ2v) is 5.00. The van der Waals surface area contributed by atoms with Gasteiger partial charge in [-0.15, -0.1) is 0 Å². The van der Waals surface area contributed by atoms with E-state index in [-0.39, 0.29) is 5.91 Å². The molecule has 6 heteroatoms. The predicted molar refractivity (Wildman–Crippen MR) is 78.6 cm³/mol. The van der Waals surface area contributed by atoms with Crippen LogP contribution in [0.3, 0.4) is 0 Å². The van der Waals surface area contributed by atoms with Gasteiger partial charge in [-0.05, 0) is 11.5 Å². The molecule has 2 heterocycles. The molecule has 1 saturated heterocycles. The Hall–Kier alpha value is -2.47. The van der Waals surface area contributed by atoms with Crippen molar-refractivity contribution in [3.8, 4) is 0 Å². The van der Waals surface area contributed by atoms with Gasteiger partial charge in [0.05, 0.1) is 0 Å². The van der Waals surface area contributed by atoms with Crippen molar-refractivity contribution in [1.82, 2.24) is 15.2 Å². The number of nitrogens with one attached hydrogen (secondary N) is 1. The molecule has 0 saturated carbocycles. The van der Waals surface area contributed by atoms with Crippen LogP contribution in [0.4, 0.5) is 0 Å². The van der Waals surface area contributed by atoms with Crippen molar-refractivity contribution in [3.05, 3.63) is 42.2 Å². The van der Waals surface area contributed by atoms with Gasteiger partial charge in [-0.2, -0.15) is 0 Å². The number of carbonyl (C=O) groups excluding carboxylic acids is 2. The fourth-order valence-electron chi connectivity index (χ4n) is 2.63. The lowest BCUT2D eigenvalue weighted by molar-refractivity contribution is -0.122. The van der Waals surface area contributed by atoms with Crippen molar-refractivity contribution in [2.24, 2.45) is 5.73 Å². The lowest BCUT2D eigenvalue weighted by Crippen LogP contribution is -2.58. The van der Waals surface area contributed by atoms with Crippen LogP contribution in [0.25, 0.3) is 10.8 Å². The highest BCUT2D eigenvalue weighted by Crippen LogP contribution is 2.19. The minimum Gasteiger partial charge on any atom is -0.368 e. The van der Waals surface area contributed by atoms with E-state index in [0.717, 1.165) is 10.8 Å². The van der Waals surface area contributed by atoms with E-state index < -0.39 is 11.9 Å². The Morgan fingerprint density at radius 1 is 1.29 bits per heavy atom. The number of piperazine rings is 1. The first-order chi connectivity index (χ1) is 10.2. The highest BCUT2D eigenvalue weighted by molar-refractivity contribution is 6.06. The zero-order chi connectivity index (χ0) is 14.8. The third kappa shape index (κ3) is 2.45. The molecule has 1 aliphatic rings. The number of rotatable bonds is 2. The summed E-state index contributed by atoms with van der Waals surface area (Å²) in [4.78, 5) is 30.0. The van der Waals surface area contributed by atoms with E-state index in [9.17, 15) is 9.59 Å². The smallest absolute Gasteiger partial charge is 0.273 e. The van der Waals surface area contributed by atoms with E-state index >= 15 is 0 Å².